The predicted octanol–water partition coefficient (Wildman–Crippen LogP) is 5.39. The van der Waals surface area contributed by atoms with Crippen LogP contribution in [0.15, 0.2) is 41.6 Å². The van der Waals surface area contributed by atoms with E-state index < -0.39 is 0 Å². The van der Waals surface area contributed by atoms with Crippen LogP contribution in [-0.2, 0) is 18.4 Å². The van der Waals surface area contributed by atoms with E-state index in [4.69, 9.17) is 39.5 Å². The van der Waals surface area contributed by atoms with Crippen molar-refractivity contribution in [3.05, 3.63) is 62.9 Å². The fourth-order valence-electron chi connectivity index (χ4n) is 2.42. The van der Waals surface area contributed by atoms with Crippen molar-refractivity contribution in [2.24, 2.45) is 7.05 Å². The zero-order valence-corrected chi connectivity index (χ0v) is 18.7. The van der Waals surface area contributed by atoms with Crippen molar-refractivity contribution in [2.45, 2.75) is 18.7 Å². The van der Waals surface area contributed by atoms with E-state index >= 15 is 0 Å². The van der Waals surface area contributed by atoms with Gasteiger partial charge in [-0.05, 0) is 36.8 Å². The summed E-state index contributed by atoms with van der Waals surface area (Å²) in [5.74, 6) is 1.25. The molecule has 3 aromatic rings. The van der Waals surface area contributed by atoms with Gasteiger partial charge in [0.2, 0.25) is 5.91 Å². The van der Waals surface area contributed by atoms with E-state index in [2.05, 4.69) is 15.5 Å². The Morgan fingerprint density at radius 3 is 2.59 bits per heavy atom. The smallest absolute Gasteiger partial charge is 0.234 e. The van der Waals surface area contributed by atoms with Crippen molar-refractivity contribution >= 4 is 58.2 Å². The second-order valence-electron chi connectivity index (χ2n) is 6.14. The lowest BCUT2D eigenvalue weighted by molar-refractivity contribution is -0.113. The van der Waals surface area contributed by atoms with E-state index in [0.717, 1.165) is 11.3 Å². The van der Waals surface area contributed by atoms with Crippen LogP contribution in [0.5, 0.6) is 5.75 Å². The highest BCUT2D eigenvalue weighted by atomic mass is 35.5. The molecule has 0 saturated heterocycles. The molecule has 0 unspecified atom stereocenters. The number of hydrogen-bond donors (Lipinski definition) is 1. The lowest BCUT2D eigenvalue weighted by atomic mass is 10.2. The first-order chi connectivity index (χ1) is 13.8. The molecule has 152 valence electrons. The molecule has 3 rings (SSSR count). The minimum absolute atomic E-state index is 0.111. The average molecular weight is 472 g/mol. The molecule has 0 aliphatic carbocycles. The number of carbonyl (C=O) groups is 1. The predicted molar refractivity (Wildman–Crippen MR) is 117 cm³/mol. The first kappa shape index (κ1) is 21.8. The molecule has 0 bridgehead atoms. The Bertz CT molecular complexity index is 1020. The molecule has 1 amide bonds. The number of carbonyl (C=O) groups excluding carboxylic acids is 1. The Balaban J connectivity index is 1.57. The molecule has 0 spiro atoms. The van der Waals surface area contributed by atoms with Gasteiger partial charge in [0.1, 0.15) is 12.4 Å². The van der Waals surface area contributed by atoms with Gasteiger partial charge < -0.3 is 14.6 Å². The molecule has 0 fully saturated rings. The minimum atomic E-state index is -0.276. The highest BCUT2D eigenvalue weighted by Crippen LogP contribution is 2.33. The van der Waals surface area contributed by atoms with Crippen molar-refractivity contribution in [3.63, 3.8) is 0 Å². The molecule has 1 aromatic heterocycles. The third kappa shape index (κ3) is 5.79. The number of nitrogens with one attached hydrogen (secondary N) is 1. The maximum Gasteiger partial charge on any atom is 0.234 e. The van der Waals surface area contributed by atoms with Gasteiger partial charge in [0.25, 0.3) is 0 Å². The number of ether oxygens (including phenoxy) is 1. The largest absolute Gasteiger partial charge is 0.486 e. The number of amides is 1. The van der Waals surface area contributed by atoms with Crippen LogP contribution in [0.4, 0.5) is 5.69 Å². The van der Waals surface area contributed by atoms with Gasteiger partial charge in [-0.1, -0.05) is 58.7 Å². The van der Waals surface area contributed by atoms with Crippen LogP contribution in [0.25, 0.3) is 0 Å². The Morgan fingerprint density at radius 2 is 1.90 bits per heavy atom. The van der Waals surface area contributed by atoms with Crippen molar-refractivity contribution in [2.75, 3.05) is 11.1 Å². The summed E-state index contributed by atoms with van der Waals surface area (Å²) in [6.45, 7) is 2.27. The Kier molecular flexibility index (Phi) is 7.29. The Hall–Kier alpha value is -1.93. The second kappa shape index (κ2) is 9.71. The number of rotatable bonds is 7. The molecule has 0 aliphatic heterocycles. The summed E-state index contributed by atoms with van der Waals surface area (Å²) in [5.41, 5.74) is 1.44. The maximum atomic E-state index is 12.3. The number of thioether (sulfide) groups is 1. The van der Waals surface area contributed by atoms with Crippen molar-refractivity contribution < 1.29 is 9.53 Å². The summed E-state index contributed by atoms with van der Waals surface area (Å²) < 4.78 is 7.54. The standard InChI is InChI=1S/C19H17Cl3N4O2S/c1-11-4-3-5-13(6-11)28-9-16-24-25-19(26(16)2)29-10-17(27)23-18-14(21)7-12(20)8-15(18)22/h3-8H,9-10H2,1-2H3,(H,23,27). The summed E-state index contributed by atoms with van der Waals surface area (Å²) in [6, 6.07) is 10.8. The fourth-order valence-corrected chi connectivity index (χ4v) is 4.06. The molecule has 1 N–H and O–H groups in total. The van der Waals surface area contributed by atoms with E-state index in [1.165, 1.54) is 23.9 Å². The SMILES string of the molecule is Cc1cccc(OCc2nnc(SCC(=O)Nc3c(Cl)cc(Cl)cc3Cl)n2C)c1. The van der Waals surface area contributed by atoms with E-state index in [0.29, 0.717) is 21.7 Å². The average Bonchev–Trinajstić information content (AvgIpc) is 3.01. The second-order valence-corrected chi connectivity index (χ2v) is 8.34. The first-order valence-corrected chi connectivity index (χ1v) is 10.6. The van der Waals surface area contributed by atoms with Gasteiger partial charge >= 0.3 is 0 Å². The van der Waals surface area contributed by atoms with Crippen LogP contribution in [0, 0.1) is 6.92 Å². The van der Waals surface area contributed by atoms with Gasteiger partial charge in [0.15, 0.2) is 11.0 Å². The Morgan fingerprint density at radius 1 is 1.17 bits per heavy atom. The number of anilines is 1. The van der Waals surface area contributed by atoms with Gasteiger partial charge in [-0.15, -0.1) is 10.2 Å². The molecule has 0 radical (unpaired) electrons. The van der Waals surface area contributed by atoms with Crippen molar-refractivity contribution in [1.82, 2.24) is 14.8 Å². The summed E-state index contributed by atoms with van der Waals surface area (Å²) in [6.07, 6.45) is 0. The molecule has 0 saturated carbocycles. The van der Waals surface area contributed by atoms with Crippen LogP contribution < -0.4 is 10.1 Å². The molecule has 0 atom stereocenters. The van der Waals surface area contributed by atoms with Crippen molar-refractivity contribution in [1.29, 1.82) is 0 Å². The zero-order valence-electron chi connectivity index (χ0n) is 15.6. The molecular formula is C19H17Cl3N4O2S. The third-order valence-electron chi connectivity index (χ3n) is 3.89. The zero-order chi connectivity index (χ0) is 21.0. The van der Waals surface area contributed by atoms with Gasteiger partial charge in [-0.25, -0.2) is 0 Å². The highest BCUT2D eigenvalue weighted by molar-refractivity contribution is 7.99. The third-order valence-corrected chi connectivity index (χ3v) is 5.72. The molecule has 1 heterocycles. The van der Waals surface area contributed by atoms with E-state index in [1.54, 1.807) is 4.57 Å². The lowest BCUT2D eigenvalue weighted by Crippen LogP contribution is -2.15. The normalized spacial score (nSPS) is 10.8. The molecule has 29 heavy (non-hydrogen) atoms. The summed E-state index contributed by atoms with van der Waals surface area (Å²) >= 11 is 19.3. The first-order valence-electron chi connectivity index (χ1n) is 8.48. The van der Waals surface area contributed by atoms with Crippen LogP contribution in [-0.4, -0.2) is 26.4 Å². The van der Waals surface area contributed by atoms with Gasteiger partial charge in [-0.2, -0.15) is 0 Å². The molecule has 2 aromatic carbocycles. The van der Waals surface area contributed by atoms with Gasteiger partial charge in [-0.3, -0.25) is 4.79 Å². The summed E-state index contributed by atoms with van der Waals surface area (Å²) in [4.78, 5) is 12.3. The molecule has 10 heteroatoms. The Labute approximate surface area is 187 Å². The molecule has 0 aliphatic rings. The van der Waals surface area contributed by atoms with E-state index in [-0.39, 0.29) is 28.3 Å². The minimum Gasteiger partial charge on any atom is -0.486 e. The number of aryl methyl sites for hydroxylation is 1. The lowest BCUT2D eigenvalue weighted by Gasteiger charge is -2.10. The van der Waals surface area contributed by atoms with Gasteiger partial charge in [0, 0.05) is 12.1 Å². The van der Waals surface area contributed by atoms with E-state index in [9.17, 15) is 4.79 Å². The highest BCUT2D eigenvalue weighted by Gasteiger charge is 2.15. The molecular weight excluding hydrogens is 455 g/mol. The number of hydrogen-bond acceptors (Lipinski definition) is 5. The number of aromatic nitrogens is 3. The van der Waals surface area contributed by atoms with Crippen molar-refractivity contribution in [3.8, 4) is 5.75 Å². The number of nitrogens with zero attached hydrogens (tertiary/aromatic N) is 3. The van der Waals surface area contributed by atoms with E-state index in [1.807, 2.05) is 38.2 Å². The summed E-state index contributed by atoms with van der Waals surface area (Å²) in [7, 11) is 1.82. The van der Waals surface area contributed by atoms with Crippen LogP contribution in [0.3, 0.4) is 0 Å². The fraction of sp³-hybridized carbons (Fsp3) is 0.211. The van der Waals surface area contributed by atoms with Crippen LogP contribution >= 0.6 is 46.6 Å². The quantitative estimate of drug-likeness (QED) is 0.468. The van der Waals surface area contributed by atoms with Gasteiger partial charge in [0.05, 0.1) is 21.5 Å². The number of halogens is 3. The topological polar surface area (TPSA) is 69.0 Å². The summed E-state index contributed by atoms with van der Waals surface area (Å²) in [5, 5.41) is 12.5. The molecule has 6 nitrogen and oxygen atoms in total. The van der Waals surface area contributed by atoms with Crippen LogP contribution in [0.2, 0.25) is 15.1 Å². The maximum absolute atomic E-state index is 12.3. The number of benzene rings is 2. The monoisotopic (exact) mass is 470 g/mol. The van der Waals surface area contributed by atoms with Crippen LogP contribution in [0.1, 0.15) is 11.4 Å².